The van der Waals surface area contributed by atoms with Gasteiger partial charge >= 0.3 is 5.97 Å². The maximum absolute atomic E-state index is 13.1. The number of nitrogens with one attached hydrogen (secondary N) is 3. The van der Waals surface area contributed by atoms with Gasteiger partial charge < -0.3 is 21.1 Å². The molecule has 1 aliphatic heterocycles. The fourth-order valence-electron chi connectivity index (χ4n) is 3.71. The van der Waals surface area contributed by atoms with E-state index < -0.39 is 18.1 Å². The summed E-state index contributed by atoms with van der Waals surface area (Å²) < 4.78 is 0. The number of rotatable bonds is 11. The second kappa shape index (κ2) is 11.2. The number of carbonyl (C=O) groups is 3. The fourth-order valence-corrected chi connectivity index (χ4v) is 3.71. The molecule has 3 rings (SSSR count). The van der Waals surface area contributed by atoms with E-state index in [-0.39, 0.29) is 24.2 Å². The van der Waals surface area contributed by atoms with Crippen LogP contribution in [0.5, 0.6) is 0 Å². The van der Waals surface area contributed by atoms with E-state index in [1.54, 1.807) is 24.3 Å². The number of carboxylic acids is 1. The zero-order valence-electron chi connectivity index (χ0n) is 18.3. The molecular weight excluding hydrogens is 422 g/mol. The molecule has 1 aliphatic rings. The first-order valence-electron chi connectivity index (χ1n) is 10.9. The van der Waals surface area contributed by atoms with E-state index in [2.05, 4.69) is 10.6 Å². The lowest BCUT2D eigenvalue weighted by Gasteiger charge is -2.41. The van der Waals surface area contributed by atoms with Crippen LogP contribution in [0.25, 0.3) is 0 Å². The Bertz CT molecular complexity index is 994. The first-order chi connectivity index (χ1) is 15.8. The molecule has 0 unspecified atom stereocenters. The van der Waals surface area contributed by atoms with Crippen LogP contribution < -0.4 is 16.4 Å². The highest BCUT2D eigenvalue weighted by Gasteiger charge is 2.40. The Hall–Kier alpha value is -3.72. The molecule has 6 N–H and O–H groups in total. The van der Waals surface area contributed by atoms with Crippen LogP contribution in [0.4, 0.5) is 0 Å². The van der Waals surface area contributed by atoms with Crippen molar-refractivity contribution in [2.45, 2.75) is 37.9 Å². The van der Waals surface area contributed by atoms with Gasteiger partial charge in [-0.05, 0) is 30.4 Å². The molecule has 0 aromatic heterocycles. The van der Waals surface area contributed by atoms with E-state index in [1.807, 2.05) is 30.3 Å². The zero-order valence-corrected chi connectivity index (χ0v) is 18.3. The van der Waals surface area contributed by atoms with E-state index in [0.29, 0.717) is 37.9 Å². The molecule has 0 saturated carbocycles. The second-order valence-electron chi connectivity index (χ2n) is 8.02. The van der Waals surface area contributed by atoms with E-state index in [9.17, 15) is 14.4 Å². The summed E-state index contributed by atoms with van der Waals surface area (Å²) >= 11 is 0. The minimum atomic E-state index is -1.04. The van der Waals surface area contributed by atoms with Crippen molar-refractivity contribution in [3.8, 4) is 0 Å². The highest BCUT2D eigenvalue weighted by atomic mass is 16.4. The third-order valence-electron chi connectivity index (χ3n) is 5.70. The lowest BCUT2D eigenvalue weighted by atomic mass is 9.97. The van der Waals surface area contributed by atoms with Gasteiger partial charge in [0, 0.05) is 18.7 Å². The lowest BCUT2D eigenvalue weighted by molar-refractivity contribution is -0.149. The highest BCUT2D eigenvalue weighted by Crippen LogP contribution is 2.20. The van der Waals surface area contributed by atoms with Crippen LogP contribution in [0.15, 0.2) is 54.6 Å². The standard InChI is InChI=1S/C24H29N5O4/c25-22(26)18-9-6-17(7-10-18)14-28-23(32)20-12-13-29(20)24(33)19(27-15-21(30)31)11-8-16-4-2-1-3-5-16/h1-7,9-10,19-20,27H,8,11-15H2,(H3,25,26)(H,28,32)(H,30,31)/t19-,20+/m1/s1. The average molecular weight is 452 g/mol. The average Bonchev–Trinajstić information content (AvgIpc) is 2.77. The molecule has 0 bridgehead atoms. The number of amides is 2. The number of likely N-dealkylation sites (tertiary alicyclic amines) is 1. The van der Waals surface area contributed by atoms with Crippen LogP contribution in [-0.2, 0) is 27.3 Å². The van der Waals surface area contributed by atoms with Crippen LogP contribution in [0.3, 0.4) is 0 Å². The minimum Gasteiger partial charge on any atom is -0.480 e. The molecule has 0 radical (unpaired) electrons. The molecular formula is C24H29N5O4. The van der Waals surface area contributed by atoms with Gasteiger partial charge in [0.2, 0.25) is 11.8 Å². The van der Waals surface area contributed by atoms with Crippen molar-refractivity contribution < 1.29 is 19.5 Å². The Morgan fingerprint density at radius 3 is 2.36 bits per heavy atom. The van der Waals surface area contributed by atoms with Crippen molar-refractivity contribution >= 4 is 23.6 Å². The quantitative estimate of drug-likeness (QED) is 0.253. The molecule has 2 aromatic rings. The largest absolute Gasteiger partial charge is 0.480 e. The van der Waals surface area contributed by atoms with Crippen molar-refractivity contribution in [3.63, 3.8) is 0 Å². The number of benzene rings is 2. The van der Waals surface area contributed by atoms with Crippen molar-refractivity contribution in [1.29, 1.82) is 5.41 Å². The Balaban J connectivity index is 1.57. The maximum atomic E-state index is 13.1. The highest BCUT2D eigenvalue weighted by molar-refractivity contribution is 5.95. The second-order valence-corrected chi connectivity index (χ2v) is 8.02. The summed E-state index contributed by atoms with van der Waals surface area (Å²) in [6.45, 7) is 0.428. The van der Waals surface area contributed by atoms with Crippen LogP contribution >= 0.6 is 0 Å². The van der Waals surface area contributed by atoms with Gasteiger partial charge in [0.15, 0.2) is 0 Å². The van der Waals surface area contributed by atoms with E-state index in [1.165, 1.54) is 4.90 Å². The number of carbonyl (C=O) groups excluding carboxylic acids is 2. The third-order valence-corrected chi connectivity index (χ3v) is 5.70. The number of hydrogen-bond donors (Lipinski definition) is 5. The molecule has 1 saturated heterocycles. The van der Waals surface area contributed by atoms with Gasteiger partial charge in [0.05, 0.1) is 12.6 Å². The maximum Gasteiger partial charge on any atom is 0.317 e. The first-order valence-corrected chi connectivity index (χ1v) is 10.9. The van der Waals surface area contributed by atoms with Gasteiger partial charge in [-0.1, -0.05) is 54.6 Å². The number of hydrogen-bond acceptors (Lipinski definition) is 5. The minimum absolute atomic E-state index is 0.0208. The van der Waals surface area contributed by atoms with Gasteiger partial charge in [-0.2, -0.15) is 0 Å². The number of aryl methyl sites for hydroxylation is 1. The third kappa shape index (κ3) is 6.63. The van der Waals surface area contributed by atoms with Crippen LogP contribution in [0.2, 0.25) is 0 Å². The van der Waals surface area contributed by atoms with Gasteiger partial charge in [-0.15, -0.1) is 0 Å². The van der Waals surface area contributed by atoms with E-state index in [0.717, 1.165) is 11.1 Å². The fraction of sp³-hybridized carbons (Fsp3) is 0.333. The summed E-state index contributed by atoms with van der Waals surface area (Å²) in [5.41, 5.74) is 7.97. The molecule has 0 aliphatic carbocycles. The van der Waals surface area contributed by atoms with E-state index in [4.69, 9.17) is 16.2 Å². The molecule has 2 atom stereocenters. The summed E-state index contributed by atoms with van der Waals surface area (Å²) in [5.74, 6) is -1.57. The van der Waals surface area contributed by atoms with E-state index >= 15 is 0 Å². The van der Waals surface area contributed by atoms with Crippen LogP contribution in [0, 0.1) is 5.41 Å². The number of aliphatic carboxylic acids is 1. The molecule has 174 valence electrons. The Kier molecular flexibility index (Phi) is 8.15. The Labute approximate surface area is 192 Å². The van der Waals surface area contributed by atoms with Gasteiger partial charge in [-0.3, -0.25) is 25.1 Å². The summed E-state index contributed by atoms with van der Waals surface area (Å²) in [6, 6.07) is 15.4. The summed E-state index contributed by atoms with van der Waals surface area (Å²) in [5, 5.41) is 22.1. The molecule has 9 nitrogen and oxygen atoms in total. The summed E-state index contributed by atoms with van der Waals surface area (Å²) in [4.78, 5) is 38.3. The van der Waals surface area contributed by atoms with Crippen molar-refractivity contribution in [2.75, 3.05) is 13.1 Å². The molecule has 33 heavy (non-hydrogen) atoms. The summed E-state index contributed by atoms with van der Waals surface area (Å²) in [6.07, 6.45) is 1.61. The topological polar surface area (TPSA) is 149 Å². The smallest absolute Gasteiger partial charge is 0.317 e. The zero-order chi connectivity index (χ0) is 23.8. The molecule has 2 amide bonds. The molecule has 1 heterocycles. The number of carboxylic acid groups (broad SMARTS) is 1. The van der Waals surface area contributed by atoms with Crippen molar-refractivity contribution in [1.82, 2.24) is 15.5 Å². The summed E-state index contributed by atoms with van der Waals surface area (Å²) in [7, 11) is 0. The monoisotopic (exact) mass is 451 g/mol. The van der Waals surface area contributed by atoms with Crippen molar-refractivity contribution in [3.05, 3.63) is 71.3 Å². The number of nitrogen functional groups attached to an aromatic ring is 1. The van der Waals surface area contributed by atoms with Gasteiger partial charge in [-0.25, -0.2) is 0 Å². The number of nitrogens with zero attached hydrogens (tertiary/aromatic N) is 1. The predicted molar refractivity (Wildman–Crippen MR) is 124 cm³/mol. The SMILES string of the molecule is N=C(N)c1ccc(CNC(=O)[C@@H]2CCN2C(=O)[C@@H](CCc2ccccc2)NCC(=O)O)cc1. The first kappa shape index (κ1) is 23.9. The molecule has 0 spiro atoms. The normalized spacial score (nSPS) is 15.9. The Morgan fingerprint density at radius 2 is 1.79 bits per heavy atom. The van der Waals surface area contributed by atoms with Gasteiger partial charge in [0.25, 0.3) is 0 Å². The lowest BCUT2D eigenvalue weighted by Crippen LogP contribution is -2.62. The molecule has 1 fully saturated rings. The molecule has 9 heteroatoms. The van der Waals surface area contributed by atoms with Gasteiger partial charge in [0.1, 0.15) is 11.9 Å². The van der Waals surface area contributed by atoms with Crippen LogP contribution in [0.1, 0.15) is 29.5 Å². The number of nitrogens with two attached hydrogens (primary N) is 1. The van der Waals surface area contributed by atoms with Crippen molar-refractivity contribution in [2.24, 2.45) is 5.73 Å². The molecule has 2 aromatic carbocycles. The number of amidine groups is 1. The van der Waals surface area contributed by atoms with Crippen LogP contribution in [-0.4, -0.2) is 58.8 Å². The Morgan fingerprint density at radius 1 is 1.09 bits per heavy atom. The predicted octanol–water partition coefficient (Wildman–Crippen LogP) is 0.863.